The first-order chi connectivity index (χ1) is 9.29. The first kappa shape index (κ1) is 16.1. The first-order valence-electron chi connectivity index (χ1n) is 5.89. The number of carbonyl (C=O) groups excluding carboxylic acids is 1. The normalized spacial score (nSPS) is 11.1. The molecule has 0 spiro atoms. The van der Waals surface area contributed by atoms with Gasteiger partial charge >= 0.3 is 5.97 Å². The van der Waals surface area contributed by atoms with Gasteiger partial charge in [-0.25, -0.2) is 13.6 Å². The molecule has 0 bridgehead atoms. The average Bonchev–Trinajstić information content (AvgIpc) is 2.35. The fourth-order valence-corrected chi connectivity index (χ4v) is 2.11. The third-order valence-corrected chi connectivity index (χ3v) is 3.42. The van der Waals surface area contributed by atoms with E-state index in [9.17, 15) is 18.0 Å². The number of hydrogen-bond donors (Lipinski definition) is 3. The van der Waals surface area contributed by atoms with Gasteiger partial charge < -0.3 is 10.4 Å². The molecule has 7 nitrogen and oxygen atoms in total. The molecule has 1 aromatic rings. The van der Waals surface area contributed by atoms with Crippen LogP contribution in [0.2, 0.25) is 0 Å². The highest BCUT2D eigenvalue weighted by molar-refractivity contribution is 7.89. The number of nitrogens with one attached hydrogen (secondary N) is 1. The Kier molecular flexibility index (Phi) is 5.66. The zero-order chi connectivity index (χ0) is 15.2. The maximum Gasteiger partial charge on any atom is 0.303 e. The highest BCUT2D eigenvalue weighted by atomic mass is 32.2. The predicted molar refractivity (Wildman–Crippen MR) is 71.1 cm³/mol. The summed E-state index contributed by atoms with van der Waals surface area (Å²) < 4.78 is 22.3. The molecular formula is C12H16N2O5S. The zero-order valence-electron chi connectivity index (χ0n) is 10.7. The van der Waals surface area contributed by atoms with Crippen molar-refractivity contribution in [2.24, 2.45) is 5.14 Å². The van der Waals surface area contributed by atoms with E-state index in [0.29, 0.717) is 5.56 Å². The first-order valence-corrected chi connectivity index (χ1v) is 7.44. The average molecular weight is 300 g/mol. The summed E-state index contributed by atoms with van der Waals surface area (Å²) in [5, 5.41) is 16.0. The molecule has 0 saturated heterocycles. The van der Waals surface area contributed by atoms with E-state index < -0.39 is 16.0 Å². The molecule has 1 rings (SSSR count). The molecule has 0 radical (unpaired) electrons. The molecule has 1 aromatic carbocycles. The number of carboxylic acid groups (broad SMARTS) is 1. The largest absolute Gasteiger partial charge is 0.481 e. The number of nitrogens with two attached hydrogens (primary N) is 1. The Morgan fingerprint density at radius 2 is 1.95 bits per heavy atom. The van der Waals surface area contributed by atoms with E-state index in [1.807, 2.05) is 0 Å². The molecule has 20 heavy (non-hydrogen) atoms. The predicted octanol–water partition coefficient (Wildman–Crippen LogP) is 0.205. The van der Waals surface area contributed by atoms with Crippen LogP contribution >= 0.6 is 0 Å². The standard InChI is InChI=1S/C12H16N2O5S/c13-20(18,19)10-4-1-3-9(7-10)8-14-11(15)5-2-6-12(16)17/h1,3-4,7H,2,5-6,8H2,(H,14,15)(H,16,17)(H2,13,18,19). The van der Waals surface area contributed by atoms with E-state index in [4.69, 9.17) is 10.2 Å². The third-order valence-electron chi connectivity index (χ3n) is 2.51. The lowest BCUT2D eigenvalue weighted by molar-refractivity contribution is -0.137. The summed E-state index contributed by atoms with van der Waals surface area (Å²) in [6.07, 6.45) is 0.313. The van der Waals surface area contributed by atoms with Crippen molar-refractivity contribution in [3.63, 3.8) is 0 Å². The number of amides is 1. The number of hydrogen-bond acceptors (Lipinski definition) is 4. The van der Waals surface area contributed by atoms with Crippen LogP contribution in [0.3, 0.4) is 0 Å². The van der Waals surface area contributed by atoms with Crippen molar-refractivity contribution in [3.05, 3.63) is 29.8 Å². The summed E-state index contributed by atoms with van der Waals surface area (Å²) in [4.78, 5) is 21.7. The van der Waals surface area contributed by atoms with Crippen LogP contribution < -0.4 is 10.5 Å². The number of carbonyl (C=O) groups is 2. The van der Waals surface area contributed by atoms with Crippen molar-refractivity contribution in [1.29, 1.82) is 0 Å². The number of rotatable bonds is 7. The number of carboxylic acids is 1. The van der Waals surface area contributed by atoms with E-state index in [-0.39, 0.29) is 36.6 Å². The number of aliphatic carboxylic acids is 1. The lowest BCUT2D eigenvalue weighted by atomic mass is 10.2. The van der Waals surface area contributed by atoms with Crippen molar-refractivity contribution >= 4 is 21.9 Å². The van der Waals surface area contributed by atoms with E-state index in [2.05, 4.69) is 5.32 Å². The lowest BCUT2D eigenvalue weighted by Gasteiger charge is -2.06. The highest BCUT2D eigenvalue weighted by Crippen LogP contribution is 2.09. The Morgan fingerprint density at radius 3 is 2.55 bits per heavy atom. The minimum atomic E-state index is -3.77. The summed E-state index contributed by atoms with van der Waals surface area (Å²) in [6, 6.07) is 5.94. The highest BCUT2D eigenvalue weighted by Gasteiger charge is 2.08. The van der Waals surface area contributed by atoms with Crippen LogP contribution in [0, 0.1) is 0 Å². The van der Waals surface area contributed by atoms with Gasteiger partial charge in [0, 0.05) is 19.4 Å². The molecule has 0 aliphatic carbocycles. The molecule has 1 amide bonds. The molecule has 0 aromatic heterocycles. The Morgan fingerprint density at radius 1 is 1.25 bits per heavy atom. The monoisotopic (exact) mass is 300 g/mol. The van der Waals surface area contributed by atoms with Gasteiger partial charge in [-0.1, -0.05) is 12.1 Å². The van der Waals surface area contributed by atoms with Crippen molar-refractivity contribution in [2.75, 3.05) is 0 Å². The van der Waals surface area contributed by atoms with Crippen LogP contribution in [0.4, 0.5) is 0 Å². The summed E-state index contributed by atoms with van der Waals surface area (Å²) in [5.41, 5.74) is 0.600. The summed E-state index contributed by atoms with van der Waals surface area (Å²) in [7, 11) is -3.77. The van der Waals surface area contributed by atoms with Crippen LogP contribution in [0.15, 0.2) is 29.2 Å². The molecule has 4 N–H and O–H groups in total. The lowest BCUT2D eigenvalue weighted by Crippen LogP contribution is -2.23. The van der Waals surface area contributed by atoms with E-state index >= 15 is 0 Å². The van der Waals surface area contributed by atoms with Gasteiger partial charge in [0.05, 0.1) is 4.90 Å². The molecule has 0 aliphatic heterocycles. The van der Waals surface area contributed by atoms with Gasteiger partial charge in [0.2, 0.25) is 15.9 Å². The van der Waals surface area contributed by atoms with Crippen LogP contribution in [0.5, 0.6) is 0 Å². The molecule has 0 saturated carbocycles. The quantitative estimate of drug-likeness (QED) is 0.663. The van der Waals surface area contributed by atoms with Crippen molar-refractivity contribution in [3.8, 4) is 0 Å². The van der Waals surface area contributed by atoms with Gasteiger partial charge in [0.1, 0.15) is 0 Å². The Bertz CT molecular complexity index is 598. The number of primary sulfonamides is 1. The molecular weight excluding hydrogens is 284 g/mol. The van der Waals surface area contributed by atoms with Gasteiger partial charge in [0.15, 0.2) is 0 Å². The zero-order valence-corrected chi connectivity index (χ0v) is 11.5. The molecule has 0 atom stereocenters. The van der Waals surface area contributed by atoms with Gasteiger partial charge in [0.25, 0.3) is 0 Å². The second kappa shape index (κ2) is 7.01. The smallest absolute Gasteiger partial charge is 0.303 e. The fourth-order valence-electron chi connectivity index (χ4n) is 1.52. The van der Waals surface area contributed by atoms with Gasteiger partial charge in [-0.2, -0.15) is 0 Å². The molecule has 0 unspecified atom stereocenters. The van der Waals surface area contributed by atoms with Crippen LogP contribution in [-0.2, 0) is 26.2 Å². The van der Waals surface area contributed by atoms with Crippen LogP contribution in [-0.4, -0.2) is 25.4 Å². The van der Waals surface area contributed by atoms with Crippen molar-refractivity contribution in [2.45, 2.75) is 30.7 Å². The Balaban J connectivity index is 2.50. The Hall–Kier alpha value is -1.93. The van der Waals surface area contributed by atoms with Gasteiger partial charge in [-0.15, -0.1) is 0 Å². The summed E-state index contributed by atoms with van der Waals surface area (Å²) >= 11 is 0. The Labute approximate surface area is 116 Å². The minimum absolute atomic E-state index is 0.0184. The fraction of sp³-hybridized carbons (Fsp3) is 0.333. The molecule has 8 heteroatoms. The molecule has 110 valence electrons. The number of benzene rings is 1. The van der Waals surface area contributed by atoms with Crippen molar-refractivity contribution in [1.82, 2.24) is 5.32 Å². The summed E-state index contributed by atoms with van der Waals surface area (Å²) in [5.74, 6) is -1.23. The molecule has 0 aliphatic rings. The second-order valence-electron chi connectivity index (χ2n) is 4.22. The van der Waals surface area contributed by atoms with E-state index in [0.717, 1.165) is 0 Å². The molecule has 0 fully saturated rings. The maximum atomic E-state index is 11.4. The topological polar surface area (TPSA) is 127 Å². The van der Waals surface area contributed by atoms with Crippen LogP contribution in [0.25, 0.3) is 0 Å². The van der Waals surface area contributed by atoms with Gasteiger partial charge in [-0.05, 0) is 24.1 Å². The van der Waals surface area contributed by atoms with Crippen molar-refractivity contribution < 1.29 is 23.1 Å². The van der Waals surface area contributed by atoms with E-state index in [1.54, 1.807) is 6.07 Å². The van der Waals surface area contributed by atoms with Crippen LogP contribution in [0.1, 0.15) is 24.8 Å². The molecule has 0 heterocycles. The SMILES string of the molecule is NS(=O)(=O)c1cccc(CNC(=O)CCCC(=O)O)c1. The summed E-state index contributed by atoms with van der Waals surface area (Å²) in [6.45, 7) is 0.162. The second-order valence-corrected chi connectivity index (χ2v) is 5.78. The number of sulfonamides is 1. The van der Waals surface area contributed by atoms with Gasteiger partial charge in [-0.3, -0.25) is 9.59 Å². The maximum absolute atomic E-state index is 11.4. The van der Waals surface area contributed by atoms with E-state index in [1.165, 1.54) is 18.2 Å². The minimum Gasteiger partial charge on any atom is -0.481 e. The third kappa shape index (κ3) is 5.81.